The van der Waals surface area contributed by atoms with Crippen LogP contribution >= 0.6 is 0 Å². The van der Waals surface area contributed by atoms with E-state index >= 15 is 0 Å². The first-order valence-electron chi connectivity index (χ1n) is 6.91. The standard InChI is InChI=1S/C15H26N2O/c1-4-15(5-2,13-18)12-17(6-3)11-14-7-9-16-10-8-14/h7-10,18H,4-6,11-13H2,1-3H3. The quantitative estimate of drug-likeness (QED) is 0.770. The average molecular weight is 250 g/mol. The zero-order valence-electron chi connectivity index (χ0n) is 11.9. The molecule has 0 amide bonds. The first-order valence-corrected chi connectivity index (χ1v) is 6.91. The number of nitrogens with zero attached hydrogens (tertiary/aromatic N) is 2. The summed E-state index contributed by atoms with van der Waals surface area (Å²) in [6.45, 7) is 9.67. The van der Waals surface area contributed by atoms with Gasteiger partial charge >= 0.3 is 0 Å². The fraction of sp³-hybridized carbons (Fsp3) is 0.667. The van der Waals surface area contributed by atoms with Crippen LogP contribution in [0.15, 0.2) is 24.5 Å². The van der Waals surface area contributed by atoms with Crippen LogP contribution in [-0.2, 0) is 6.54 Å². The summed E-state index contributed by atoms with van der Waals surface area (Å²) in [4.78, 5) is 6.44. The molecular weight excluding hydrogens is 224 g/mol. The normalized spacial score (nSPS) is 12.1. The van der Waals surface area contributed by atoms with Crippen LogP contribution in [0.25, 0.3) is 0 Å². The van der Waals surface area contributed by atoms with Crippen LogP contribution in [0, 0.1) is 5.41 Å². The van der Waals surface area contributed by atoms with Gasteiger partial charge in [0.25, 0.3) is 0 Å². The zero-order valence-corrected chi connectivity index (χ0v) is 11.9. The smallest absolute Gasteiger partial charge is 0.0499 e. The summed E-state index contributed by atoms with van der Waals surface area (Å²) < 4.78 is 0. The van der Waals surface area contributed by atoms with E-state index in [1.807, 2.05) is 12.4 Å². The minimum atomic E-state index is 0.0447. The van der Waals surface area contributed by atoms with E-state index in [4.69, 9.17) is 0 Å². The molecule has 1 N–H and O–H groups in total. The molecule has 3 heteroatoms. The van der Waals surface area contributed by atoms with Gasteiger partial charge in [0.1, 0.15) is 0 Å². The lowest BCUT2D eigenvalue weighted by Gasteiger charge is -2.35. The number of rotatable bonds is 8. The predicted octanol–water partition coefficient (Wildman–Crippen LogP) is 2.70. The number of aliphatic hydroxyl groups is 1. The van der Waals surface area contributed by atoms with E-state index in [0.717, 1.165) is 32.5 Å². The molecule has 0 unspecified atom stereocenters. The van der Waals surface area contributed by atoms with Crippen molar-refractivity contribution < 1.29 is 5.11 Å². The fourth-order valence-electron chi connectivity index (χ4n) is 2.25. The van der Waals surface area contributed by atoms with Crippen LogP contribution in [0.3, 0.4) is 0 Å². The van der Waals surface area contributed by atoms with Crippen molar-refractivity contribution in [2.45, 2.75) is 40.2 Å². The monoisotopic (exact) mass is 250 g/mol. The van der Waals surface area contributed by atoms with Gasteiger partial charge in [0.2, 0.25) is 0 Å². The second-order valence-electron chi connectivity index (χ2n) is 5.02. The van der Waals surface area contributed by atoms with Crippen LogP contribution in [-0.4, -0.2) is 34.7 Å². The number of aromatic nitrogens is 1. The van der Waals surface area contributed by atoms with Crippen molar-refractivity contribution in [3.63, 3.8) is 0 Å². The Hall–Kier alpha value is -0.930. The van der Waals surface area contributed by atoms with Crippen LogP contribution in [0.2, 0.25) is 0 Å². The van der Waals surface area contributed by atoms with Gasteiger partial charge in [0.05, 0.1) is 0 Å². The van der Waals surface area contributed by atoms with Gasteiger partial charge in [0, 0.05) is 37.5 Å². The Kier molecular flexibility index (Phi) is 6.30. The Morgan fingerprint density at radius 3 is 2.22 bits per heavy atom. The third-order valence-corrected chi connectivity index (χ3v) is 4.00. The van der Waals surface area contributed by atoms with E-state index in [2.05, 4.69) is 42.8 Å². The molecule has 102 valence electrons. The Bertz CT molecular complexity index is 314. The molecule has 3 nitrogen and oxygen atoms in total. The van der Waals surface area contributed by atoms with Gasteiger partial charge in [-0.1, -0.05) is 20.8 Å². The SMILES string of the molecule is CCN(Cc1ccncc1)CC(CC)(CC)CO. The van der Waals surface area contributed by atoms with Gasteiger partial charge in [-0.05, 0) is 37.1 Å². The predicted molar refractivity (Wildman–Crippen MR) is 75.3 cm³/mol. The van der Waals surface area contributed by atoms with E-state index in [-0.39, 0.29) is 12.0 Å². The number of aliphatic hydroxyl groups excluding tert-OH is 1. The van der Waals surface area contributed by atoms with E-state index < -0.39 is 0 Å². The molecule has 0 saturated carbocycles. The van der Waals surface area contributed by atoms with Gasteiger partial charge in [-0.2, -0.15) is 0 Å². The van der Waals surface area contributed by atoms with Crippen molar-refractivity contribution in [1.82, 2.24) is 9.88 Å². The topological polar surface area (TPSA) is 36.4 Å². The minimum absolute atomic E-state index is 0.0447. The lowest BCUT2D eigenvalue weighted by atomic mass is 9.82. The molecule has 0 spiro atoms. The van der Waals surface area contributed by atoms with E-state index in [1.54, 1.807) is 0 Å². The molecular formula is C15H26N2O. The third kappa shape index (κ3) is 4.07. The maximum absolute atomic E-state index is 9.65. The Morgan fingerprint density at radius 1 is 1.17 bits per heavy atom. The van der Waals surface area contributed by atoms with Gasteiger partial charge in [-0.25, -0.2) is 0 Å². The van der Waals surface area contributed by atoms with E-state index in [1.165, 1.54) is 5.56 Å². The summed E-state index contributed by atoms with van der Waals surface area (Å²) in [5.41, 5.74) is 1.33. The van der Waals surface area contributed by atoms with Crippen LogP contribution < -0.4 is 0 Å². The highest BCUT2D eigenvalue weighted by molar-refractivity contribution is 5.09. The number of hydrogen-bond donors (Lipinski definition) is 1. The summed E-state index contributed by atoms with van der Waals surface area (Å²) in [5.74, 6) is 0. The lowest BCUT2D eigenvalue weighted by Crippen LogP contribution is -2.39. The number of hydrogen-bond acceptors (Lipinski definition) is 3. The molecule has 0 bridgehead atoms. The molecule has 0 aliphatic rings. The molecule has 18 heavy (non-hydrogen) atoms. The highest BCUT2D eigenvalue weighted by Crippen LogP contribution is 2.27. The van der Waals surface area contributed by atoms with Crippen LogP contribution in [0.4, 0.5) is 0 Å². The van der Waals surface area contributed by atoms with E-state index in [9.17, 15) is 5.11 Å². The molecule has 1 rings (SSSR count). The molecule has 1 aromatic heterocycles. The fourth-order valence-corrected chi connectivity index (χ4v) is 2.25. The summed E-state index contributed by atoms with van der Waals surface area (Å²) in [6.07, 6.45) is 5.71. The minimum Gasteiger partial charge on any atom is -0.396 e. The van der Waals surface area contributed by atoms with Crippen molar-refractivity contribution in [2.75, 3.05) is 19.7 Å². The van der Waals surface area contributed by atoms with Crippen LogP contribution in [0.5, 0.6) is 0 Å². The largest absolute Gasteiger partial charge is 0.396 e. The molecule has 0 saturated heterocycles. The van der Waals surface area contributed by atoms with Gasteiger partial charge in [-0.3, -0.25) is 9.88 Å². The number of pyridine rings is 1. The lowest BCUT2D eigenvalue weighted by molar-refractivity contribution is 0.0647. The molecule has 0 aliphatic heterocycles. The Balaban J connectivity index is 2.66. The summed E-state index contributed by atoms with van der Waals surface area (Å²) >= 11 is 0. The summed E-state index contributed by atoms with van der Waals surface area (Å²) in [7, 11) is 0. The van der Waals surface area contributed by atoms with E-state index in [0.29, 0.717) is 0 Å². The Labute approximate surface area is 111 Å². The maximum Gasteiger partial charge on any atom is 0.0499 e. The summed E-state index contributed by atoms with van der Waals surface area (Å²) in [6, 6.07) is 4.11. The highest BCUT2D eigenvalue weighted by atomic mass is 16.3. The first kappa shape index (κ1) is 15.1. The first-order chi connectivity index (χ1) is 8.69. The molecule has 1 aromatic rings. The van der Waals surface area contributed by atoms with Crippen molar-refractivity contribution in [2.24, 2.45) is 5.41 Å². The molecule has 0 radical (unpaired) electrons. The highest BCUT2D eigenvalue weighted by Gasteiger charge is 2.27. The Morgan fingerprint density at radius 2 is 1.78 bits per heavy atom. The average Bonchev–Trinajstić information content (AvgIpc) is 2.45. The molecule has 1 heterocycles. The van der Waals surface area contributed by atoms with Crippen molar-refractivity contribution in [3.05, 3.63) is 30.1 Å². The van der Waals surface area contributed by atoms with Gasteiger partial charge in [0.15, 0.2) is 0 Å². The third-order valence-electron chi connectivity index (χ3n) is 4.00. The van der Waals surface area contributed by atoms with Gasteiger partial charge < -0.3 is 5.11 Å². The maximum atomic E-state index is 9.65. The molecule has 0 aliphatic carbocycles. The molecule has 0 atom stereocenters. The van der Waals surface area contributed by atoms with Gasteiger partial charge in [-0.15, -0.1) is 0 Å². The molecule has 0 fully saturated rings. The van der Waals surface area contributed by atoms with Crippen molar-refractivity contribution >= 4 is 0 Å². The second kappa shape index (κ2) is 7.49. The summed E-state index contributed by atoms with van der Waals surface area (Å²) in [5, 5.41) is 9.65. The van der Waals surface area contributed by atoms with Crippen LogP contribution in [0.1, 0.15) is 39.2 Å². The zero-order chi connectivity index (χ0) is 13.4. The molecule has 0 aromatic carbocycles. The second-order valence-corrected chi connectivity index (χ2v) is 5.02. The van der Waals surface area contributed by atoms with Crippen molar-refractivity contribution in [1.29, 1.82) is 0 Å². The van der Waals surface area contributed by atoms with Crippen molar-refractivity contribution in [3.8, 4) is 0 Å².